The molecule has 0 unspecified atom stereocenters. The van der Waals surface area contributed by atoms with Crippen molar-refractivity contribution in [1.82, 2.24) is 4.57 Å². The number of hydrogen-bond acceptors (Lipinski definition) is 5. The Morgan fingerprint density at radius 1 is 1.37 bits per heavy atom. The Kier molecular flexibility index (Phi) is 5.11. The first-order chi connectivity index (χ1) is 12.7. The predicted octanol–water partition coefficient (Wildman–Crippen LogP) is 4.55. The molecule has 27 heavy (non-hydrogen) atoms. The number of aromatic hydroxyl groups is 1. The highest BCUT2D eigenvalue weighted by molar-refractivity contribution is 7.73. The Morgan fingerprint density at radius 2 is 2.07 bits per heavy atom. The molecule has 1 aliphatic rings. The summed E-state index contributed by atoms with van der Waals surface area (Å²) in [4.78, 5) is 13.5. The van der Waals surface area contributed by atoms with Crippen molar-refractivity contribution in [3.8, 4) is 5.88 Å². The van der Waals surface area contributed by atoms with Gasteiger partial charge in [0.1, 0.15) is 6.54 Å². The largest absolute Gasteiger partial charge is 0.493 e. The van der Waals surface area contributed by atoms with Crippen molar-refractivity contribution in [3.63, 3.8) is 0 Å². The summed E-state index contributed by atoms with van der Waals surface area (Å²) in [5.74, 6) is -1.20. The zero-order valence-corrected chi connectivity index (χ0v) is 16.9. The van der Waals surface area contributed by atoms with Gasteiger partial charge in [-0.15, -0.1) is 17.1 Å². The summed E-state index contributed by atoms with van der Waals surface area (Å²) in [7, 11) is 2.04. The Balaban J connectivity index is 1.90. The molecule has 0 fully saturated rings. The smallest absolute Gasteiger partial charge is 0.323 e. The van der Waals surface area contributed by atoms with Crippen molar-refractivity contribution in [3.05, 3.63) is 62.2 Å². The number of anilines is 1. The number of benzene rings is 1. The summed E-state index contributed by atoms with van der Waals surface area (Å²) >= 11 is 6.26. The van der Waals surface area contributed by atoms with Gasteiger partial charge in [0.15, 0.2) is 3.95 Å². The highest BCUT2D eigenvalue weighted by Crippen LogP contribution is 2.46. The molecule has 0 saturated carbocycles. The van der Waals surface area contributed by atoms with E-state index in [-0.39, 0.29) is 17.8 Å². The van der Waals surface area contributed by atoms with Gasteiger partial charge in [-0.05, 0) is 36.0 Å². The number of aliphatic carboxylic acids is 1. The fourth-order valence-corrected chi connectivity index (χ4v) is 4.53. The third-order valence-electron chi connectivity index (χ3n) is 4.68. The number of allylic oxidation sites excluding steroid dienone is 3. The molecule has 2 aromatic rings. The number of carboxylic acids is 1. The van der Waals surface area contributed by atoms with E-state index in [9.17, 15) is 9.90 Å². The first-order valence-electron chi connectivity index (χ1n) is 8.34. The summed E-state index contributed by atoms with van der Waals surface area (Å²) in [5.41, 5.74) is 6.53. The summed E-state index contributed by atoms with van der Waals surface area (Å²) < 4.78 is 1.51. The second kappa shape index (κ2) is 7.19. The van der Waals surface area contributed by atoms with Crippen LogP contribution >= 0.6 is 23.6 Å². The summed E-state index contributed by atoms with van der Waals surface area (Å²) in [5, 5.41) is 19.0. The van der Waals surface area contributed by atoms with E-state index >= 15 is 0 Å². The molecular weight excluding hydrogens is 380 g/mol. The molecule has 5 nitrogen and oxygen atoms in total. The van der Waals surface area contributed by atoms with E-state index in [1.807, 2.05) is 25.3 Å². The highest BCUT2D eigenvalue weighted by atomic mass is 32.1. The van der Waals surface area contributed by atoms with Gasteiger partial charge in [0.25, 0.3) is 0 Å². The van der Waals surface area contributed by atoms with Gasteiger partial charge in [-0.1, -0.05) is 32.0 Å². The van der Waals surface area contributed by atoms with Crippen LogP contribution in [0.2, 0.25) is 0 Å². The molecule has 0 amide bonds. The van der Waals surface area contributed by atoms with Crippen molar-refractivity contribution < 1.29 is 15.0 Å². The predicted molar refractivity (Wildman–Crippen MR) is 111 cm³/mol. The summed E-state index contributed by atoms with van der Waals surface area (Å²) in [6.45, 7) is 4.00. The fraction of sp³-hybridized carbons (Fsp3) is 0.250. The Labute approximate surface area is 166 Å². The monoisotopic (exact) mass is 400 g/mol. The summed E-state index contributed by atoms with van der Waals surface area (Å²) in [6, 6.07) is 8.32. The van der Waals surface area contributed by atoms with Crippen molar-refractivity contribution in [2.45, 2.75) is 25.8 Å². The molecule has 140 valence electrons. The lowest BCUT2D eigenvalue weighted by atomic mass is 9.84. The maximum absolute atomic E-state index is 10.9. The van der Waals surface area contributed by atoms with Gasteiger partial charge in [-0.25, -0.2) is 0 Å². The van der Waals surface area contributed by atoms with Crippen LogP contribution < -0.4 is 4.90 Å². The molecule has 0 aliphatic carbocycles. The van der Waals surface area contributed by atoms with Gasteiger partial charge < -0.3 is 15.1 Å². The number of aromatic nitrogens is 1. The van der Waals surface area contributed by atoms with E-state index in [0.717, 1.165) is 17.0 Å². The lowest BCUT2D eigenvalue weighted by Crippen LogP contribution is -2.22. The molecule has 0 atom stereocenters. The first kappa shape index (κ1) is 19.2. The van der Waals surface area contributed by atoms with Gasteiger partial charge >= 0.3 is 5.97 Å². The minimum atomic E-state index is -1.05. The molecule has 1 aromatic carbocycles. The number of fused-ring (bicyclic) bond motifs is 1. The van der Waals surface area contributed by atoms with Crippen molar-refractivity contribution >= 4 is 41.3 Å². The van der Waals surface area contributed by atoms with E-state index in [0.29, 0.717) is 8.83 Å². The number of nitrogens with zero attached hydrogens (tertiary/aromatic N) is 2. The zero-order valence-electron chi connectivity index (χ0n) is 15.3. The number of thiazole rings is 1. The number of carbonyl (C=O) groups is 1. The minimum Gasteiger partial charge on any atom is -0.493 e. The molecule has 1 aliphatic heterocycles. The number of likely N-dealkylation sites (N-methyl/N-ethyl adjacent to an activating group) is 1. The molecule has 1 aromatic heterocycles. The van der Waals surface area contributed by atoms with E-state index < -0.39 is 5.97 Å². The Morgan fingerprint density at radius 3 is 2.74 bits per heavy atom. The number of hydrogen-bond donors (Lipinski definition) is 2. The van der Waals surface area contributed by atoms with Gasteiger partial charge in [-0.2, -0.15) is 0 Å². The zero-order chi connectivity index (χ0) is 19.8. The maximum atomic E-state index is 10.9. The second-order valence-corrected chi connectivity index (χ2v) is 8.44. The molecule has 0 radical (unpaired) electrons. The van der Waals surface area contributed by atoms with Crippen LogP contribution in [-0.4, -0.2) is 27.8 Å². The lowest BCUT2D eigenvalue weighted by molar-refractivity contribution is -0.137. The van der Waals surface area contributed by atoms with Gasteiger partial charge in [0.05, 0.1) is 4.88 Å². The standard InChI is InChI=1S/C20H20N2O3S2/c1-20(2)13-8-4-5-9-14(13)21(3)16(20)11-7-6-10-15-18(25)22(12-17(23)24)19(26)27-15/h4-5,7-11,25H,12H2,1-3H3,(H,23,24). The van der Waals surface area contributed by atoms with Crippen LogP contribution in [0, 0.1) is 3.95 Å². The average Bonchev–Trinajstić information content (AvgIpc) is 2.98. The van der Waals surface area contributed by atoms with Crippen LogP contribution in [0.25, 0.3) is 6.08 Å². The van der Waals surface area contributed by atoms with Crippen LogP contribution in [0.4, 0.5) is 5.69 Å². The van der Waals surface area contributed by atoms with E-state index in [1.54, 1.807) is 12.2 Å². The van der Waals surface area contributed by atoms with Crippen LogP contribution in [-0.2, 0) is 16.8 Å². The number of rotatable bonds is 4. The third kappa shape index (κ3) is 3.49. The molecular formula is C20H20N2O3S2. The lowest BCUT2D eigenvalue weighted by Gasteiger charge is -2.23. The quantitative estimate of drug-likeness (QED) is 0.582. The van der Waals surface area contributed by atoms with Crippen LogP contribution in [0.3, 0.4) is 0 Å². The molecule has 0 saturated heterocycles. The molecule has 3 rings (SSSR count). The van der Waals surface area contributed by atoms with Crippen molar-refractivity contribution in [2.75, 3.05) is 11.9 Å². The first-order valence-corrected chi connectivity index (χ1v) is 9.57. The second-order valence-electron chi connectivity index (χ2n) is 6.77. The normalized spacial score (nSPS) is 16.1. The minimum absolute atomic E-state index is 0.118. The molecule has 0 bridgehead atoms. The summed E-state index contributed by atoms with van der Waals surface area (Å²) in [6.07, 6.45) is 5.41. The molecule has 2 N–H and O–H groups in total. The fourth-order valence-electron chi connectivity index (χ4n) is 3.34. The third-order valence-corrected chi connectivity index (χ3v) is 6.07. The van der Waals surface area contributed by atoms with Crippen LogP contribution in [0.1, 0.15) is 24.3 Å². The van der Waals surface area contributed by atoms with Gasteiger partial charge in [0.2, 0.25) is 5.88 Å². The van der Waals surface area contributed by atoms with Crippen molar-refractivity contribution in [1.29, 1.82) is 0 Å². The Bertz CT molecular complexity index is 1050. The molecule has 0 spiro atoms. The van der Waals surface area contributed by atoms with Gasteiger partial charge in [0, 0.05) is 29.9 Å². The Hall–Kier alpha value is -2.60. The van der Waals surface area contributed by atoms with E-state index in [2.05, 4.69) is 36.6 Å². The van der Waals surface area contributed by atoms with E-state index in [1.165, 1.54) is 15.8 Å². The van der Waals surface area contributed by atoms with Crippen LogP contribution in [0.15, 0.2) is 47.8 Å². The van der Waals surface area contributed by atoms with Crippen LogP contribution in [0.5, 0.6) is 5.88 Å². The van der Waals surface area contributed by atoms with E-state index in [4.69, 9.17) is 17.3 Å². The maximum Gasteiger partial charge on any atom is 0.323 e. The average molecular weight is 401 g/mol. The topological polar surface area (TPSA) is 65.7 Å². The molecule has 2 heterocycles. The van der Waals surface area contributed by atoms with Gasteiger partial charge in [-0.3, -0.25) is 9.36 Å². The number of carboxylic acid groups (broad SMARTS) is 1. The molecule has 7 heteroatoms. The SMILES string of the molecule is CN1C(=CC=C=Cc2sc(=S)n(CC(=O)O)c2O)C(C)(C)c2ccccc21. The highest BCUT2D eigenvalue weighted by Gasteiger charge is 2.37. The number of para-hydroxylation sites is 1. The van der Waals surface area contributed by atoms with Crippen molar-refractivity contribution in [2.24, 2.45) is 0 Å².